The van der Waals surface area contributed by atoms with E-state index >= 15 is 0 Å². The van der Waals surface area contributed by atoms with Gasteiger partial charge < -0.3 is 10.1 Å². The fraction of sp³-hybridized carbons (Fsp3) is 0.158. The number of aryl methyl sites for hydroxylation is 2. The van der Waals surface area contributed by atoms with Gasteiger partial charge in [-0.2, -0.15) is 0 Å². The molecule has 0 bridgehead atoms. The zero-order chi connectivity index (χ0) is 17.8. The van der Waals surface area contributed by atoms with Crippen molar-refractivity contribution in [2.75, 3.05) is 5.32 Å². The van der Waals surface area contributed by atoms with E-state index in [0.29, 0.717) is 17.3 Å². The van der Waals surface area contributed by atoms with Crippen LogP contribution < -0.4 is 10.1 Å². The number of carbonyl (C=O) groups is 1. The van der Waals surface area contributed by atoms with E-state index in [1.165, 1.54) is 11.3 Å². The first-order valence-electron chi connectivity index (χ1n) is 7.71. The second-order valence-corrected chi connectivity index (χ2v) is 7.52. The van der Waals surface area contributed by atoms with Crippen molar-refractivity contribution in [3.63, 3.8) is 0 Å². The van der Waals surface area contributed by atoms with Gasteiger partial charge in [-0.3, -0.25) is 4.79 Å². The average molecular weight is 417 g/mol. The van der Waals surface area contributed by atoms with E-state index in [-0.39, 0.29) is 5.91 Å². The van der Waals surface area contributed by atoms with Gasteiger partial charge in [0.15, 0.2) is 0 Å². The van der Waals surface area contributed by atoms with Crippen LogP contribution >= 0.6 is 27.3 Å². The quantitative estimate of drug-likeness (QED) is 0.609. The highest BCUT2D eigenvalue weighted by Gasteiger charge is 2.11. The number of hydrogen-bond donors (Lipinski definition) is 1. The number of anilines is 1. The largest absolute Gasteiger partial charge is 0.489 e. The number of nitrogens with one attached hydrogen (secondary N) is 1. The van der Waals surface area contributed by atoms with Gasteiger partial charge in [0.2, 0.25) is 0 Å². The molecule has 2 aromatic heterocycles. The van der Waals surface area contributed by atoms with Crippen LogP contribution in [0.25, 0.3) is 0 Å². The van der Waals surface area contributed by atoms with Crippen LogP contribution in [0.5, 0.6) is 5.75 Å². The van der Waals surface area contributed by atoms with Crippen LogP contribution in [-0.2, 0) is 6.61 Å². The third-order valence-corrected chi connectivity index (χ3v) is 5.03. The fourth-order valence-electron chi connectivity index (χ4n) is 2.22. The van der Waals surface area contributed by atoms with Crippen molar-refractivity contribution in [3.8, 4) is 5.75 Å². The Balaban J connectivity index is 1.62. The molecule has 0 atom stereocenters. The molecule has 25 heavy (non-hydrogen) atoms. The van der Waals surface area contributed by atoms with Gasteiger partial charge >= 0.3 is 0 Å². The minimum atomic E-state index is -0.169. The summed E-state index contributed by atoms with van der Waals surface area (Å²) in [5, 5.41) is 4.73. The van der Waals surface area contributed by atoms with Crippen LogP contribution in [-0.4, -0.2) is 10.9 Å². The Labute approximate surface area is 159 Å². The van der Waals surface area contributed by atoms with Crippen molar-refractivity contribution >= 4 is 39.0 Å². The van der Waals surface area contributed by atoms with Gasteiger partial charge in [0.25, 0.3) is 5.91 Å². The Morgan fingerprint density at radius 3 is 2.84 bits per heavy atom. The van der Waals surface area contributed by atoms with Crippen LogP contribution in [0.3, 0.4) is 0 Å². The third kappa shape index (κ3) is 4.67. The number of carbonyl (C=O) groups excluding carboxylic acids is 1. The minimum Gasteiger partial charge on any atom is -0.489 e. The number of halogens is 1. The molecule has 0 unspecified atom stereocenters. The molecule has 0 radical (unpaired) electrons. The Bertz CT molecular complexity index is 891. The molecule has 0 spiro atoms. The second-order valence-electron chi connectivity index (χ2n) is 5.69. The maximum absolute atomic E-state index is 12.3. The van der Waals surface area contributed by atoms with E-state index in [1.54, 1.807) is 12.3 Å². The van der Waals surface area contributed by atoms with Gasteiger partial charge in [0.05, 0.1) is 4.88 Å². The van der Waals surface area contributed by atoms with Crippen LogP contribution in [0.2, 0.25) is 0 Å². The lowest BCUT2D eigenvalue weighted by Crippen LogP contribution is -2.11. The lowest BCUT2D eigenvalue weighted by atomic mass is 10.1. The molecule has 3 rings (SSSR count). The molecule has 3 aromatic rings. The van der Waals surface area contributed by atoms with E-state index in [0.717, 1.165) is 26.9 Å². The summed E-state index contributed by atoms with van der Waals surface area (Å²) in [6.07, 6.45) is 1.65. The molecule has 1 amide bonds. The molecular formula is C19H17BrN2O2S. The number of pyridine rings is 1. The van der Waals surface area contributed by atoms with Gasteiger partial charge in [-0.25, -0.2) is 4.98 Å². The molecule has 0 saturated carbocycles. The number of hydrogen-bond acceptors (Lipinski definition) is 4. The van der Waals surface area contributed by atoms with Crippen molar-refractivity contribution in [3.05, 3.63) is 74.0 Å². The van der Waals surface area contributed by atoms with Gasteiger partial charge in [-0.15, -0.1) is 11.3 Å². The number of thiophene rings is 1. The summed E-state index contributed by atoms with van der Waals surface area (Å²) in [6, 6.07) is 11.6. The molecule has 6 heteroatoms. The molecule has 0 aliphatic heterocycles. The topological polar surface area (TPSA) is 51.2 Å². The summed E-state index contributed by atoms with van der Waals surface area (Å²) >= 11 is 4.71. The van der Waals surface area contributed by atoms with Crippen LogP contribution in [0, 0.1) is 13.8 Å². The van der Waals surface area contributed by atoms with Gasteiger partial charge in [0.1, 0.15) is 18.2 Å². The van der Waals surface area contributed by atoms with Gasteiger partial charge in [0, 0.05) is 16.2 Å². The summed E-state index contributed by atoms with van der Waals surface area (Å²) in [7, 11) is 0. The molecule has 128 valence electrons. The maximum Gasteiger partial charge on any atom is 0.266 e. The lowest BCUT2D eigenvalue weighted by molar-refractivity contribution is 0.103. The standard InChI is InChI=1S/C19H17BrN2O2S/c1-12-3-4-13(2)16(7-12)24-10-14-8-17(25-11-14)19(23)22-18-6-5-15(20)9-21-18/h3-9,11H,10H2,1-2H3,(H,21,22,23). The van der Waals surface area contributed by atoms with Crippen LogP contribution in [0.1, 0.15) is 26.4 Å². The predicted octanol–water partition coefficient (Wildman–Crippen LogP) is 5.35. The number of ether oxygens (including phenoxy) is 1. The van der Waals surface area contributed by atoms with E-state index < -0.39 is 0 Å². The Morgan fingerprint density at radius 2 is 2.08 bits per heavy atom. The highest BCUT2D eigenvalue weighted by atomic mass is 79.9. The molecule has 0 aliphatic rings. The van der Waals surface area contributed by atoms with Gasteiger partial charge in [-0.1, -0.05) is 12.1 Å². The normalized spacial score (nSPS) is 10.5. The van der Waals surface area contributed by atoms with E-state index in [9.17, 15) is 4.79 Å². The monoisotopic (exact) mass is 416 g/mol. The Hall–Kier alpha value is -2.18. The lowest BCUT2D eigenvalue weighted by Gasteiger charge is -2.08. The van der Waals surface area contributed by atoms with Crippen molar-refractivity contribution in [1.29, 1.82) is 0 Å². The highest BCUT2D eigenvalue weighted by molar-refractivity contribution is 9.10. The number of nitrogens with zero attached hydrogens (tertiary/aromatic N) is 1. The zero-order valence-corrected chi connectivity index (χ0v) is 16.3. The fourth-order valence-corrected chi connectivity index (χ4v) is 3.25. The summed E-state index contributed by atoms with van der Waals surface area (Å²) in [5.74, 6) is 1.23. The highest BCUT2D eigenvalue weighted by Crippen LogP contribution is 2.22. The molecule has 4 nitrogen and oxygen atoms in total. The first-order valence-corrected chi connectivity index (χ1v) is 9.39. The summed E-state index contributed by atoms with van der Waals surface area (Å²) in [6.45, 7) is 4.49. The second kappa shape index (κ2) is 7.80. The smallest absolute Gasteiger partial charge is 0.266 e. The first-order chi connectivity index (χ1) is 12.0. The summed E-state index contributed by atoms with van der Waals surface area (Å²) in [5.41, 5.74) is 3.23. The zero-order valence-electron chi connectivity index (χ0n) is 13.9. The number of amides is 1. The molecule has 1 aromatic carbocycles. The van der Waals surface area contributed by atoms with Gasteiger partial charge in [-0.05, 0) is 70.5 Å². The van der Waals surface area contributed by atoms with Crippen molar-refractivity contribution in [1.82, 2.24) is 4.98 Å². The molecule has 1 N–H and O–H groups in total. The molecule has 0 aliphatic carbocycles. The van der Waals surface area contributed by atoms with E-state index in [1.807, 2.05) is 43.5 Å². The van der Waals surface area contributed by atoms with Crippen LogP contribution in [0.4, 0.5) is 5.82 Å². The van der Waals surface area contributed by atoms with E-state index in [2.05, 4.69) is 32.3 Å². The average Bonchev–Trinajstić information content (AvgIpc) is 3.07. The number of aromatic nitrogens is 1. The first kappa shape index (κ1) is 17.6. The third-order valence-electron chi connectivity index (χ3n) is 3.58. The van der Waals surface area contributed by atoms with Crippen molar-refractivity contribution in [2.45, 2.75) is 20.5 Å². The molecule has 0 fully saturated rings. The SMILES string of the molecule is Cc1ccc(C)c(OCc2csc(C(=O)Nc3ccc(Br)cn3)c2)c1. The summed E-state index contributed by atoms with van der Waals surface area (Å²) in [4.78, 5) is 17.1. The number of rotatable bonds is 5. The molecule has 0 saturated heterocycles. The molecule has 2 heterocycles. The summed E-state index contributed by atoms with van der Waals surface area (Å²) < 4.78 is 6.75. The Morgan fingerprint density at radius 1 is 1.24 bits per heavy atom. The van der Waals surface area contributed by atoms with Crippen LogP contribution in [0.15, 0.2) is 52.4 Å². The van der Waals surface area contributed by atoms with E-state index in [4.69, 9.17) is 4.74 Å². The van der Waals surface area contributed by atoms with Crippen molar-refractivity contribution < 1.29 is 9.53 Å². The van der Waals surface area contributed by atoms with Crippen molar-refractivity contribution in [2.24, 2.45) is 0 Å². The Kier molecular flexibility index (Phi) is 5.50. The minimum absolute atomic E-state index is 0.169. The molecular weight excluding hydrogens is 400 g/mol. The predicted molar refractivity (Wildman–Crippen MR) is 104 cm³/mol. The maximum atomic E-state index is 12.3. The number of benzene rings is 1.